The van der Waals surface area contributed by atoms with Crippen LogP contribution in [0.3, 0.4) is 0 Å². The molecule has 2 aromatic carbocycles. The molecule has 1 atom stereocenters. The van der Waals surface area contributed by atoms with Gasteiger partial charge in [0.15, 0.2) is 5.78 Å². The molecule has 1 aliphatic carbocycles. The first-order valence-electron chi connectivity index (χ1n) is 6.70. The Bertz CT molecular complexity index is 661. The summed E-state index contributed by atoms with van der Waals surface area (Å²) >= 11 is 0. The number of ketones is 1. The van der Waals surface area contributed by atoms with E-state index in [0.717, 1.165) is 11.1 Å². The van der Waals surface area contributed by atoms with Gasteiger partial charge in [0.2, 0.25) is 0 Å². The second kappa shape index (κ2) is 5.10. The van der Waals surface area contributed by atoms with Crippen LogP contribution < -0.4 is 4.74 Å². The fourth-order valence-corrected chi connectivity index (χ4v) is 2.77. The van der Waals surface area contributed by atoms with Crippen LogP contribution in [0, 0.1) is 0 Å². The third kappa shape index (κ3) is 1.82. The average Bonchev–Trinajstić information content (AvgIpc) is 2.48. The van der Waals surface area contributed by atoms with E-state index in [1.54, 1.807) is 7.11 Å². The van der Waals surface area contributed by atoms with E-state index in [0.29, 0.717) is 23.5 Å². The van der Waals surface area contributed by atoms with Gasteiger partial charge in [-0.25, -0.2) is 0 Å². The molecular weight excluding hydrogens is 252 g/mol. The van der Waals surface area contributed by atoms with E-state index >= 15 is 0 Å². The molecule has 0 amide bonds. The van der Waals surface area contributed by atoms with E-state index in [1.165, 1.54) is 0 Å². The van der Waals surface area contributed by atoms with E-state index in [2.05, 4.69) is 0 Å². The molecule has 0 aromatic heterocycles. The number of methoxy groups -OCH3 is 1. The summed E-state index contributed by atoms with van der Waals surface area (Å²) < 4.78 is 11.2. The molecule has 0 radical (unpaired) electrons. The predicted molar refractivity (Wildman–Crippen MR) is 76.3 cm³/mol. The van der Waals surface area contributed by atoms with Gasteiger partial charge in [0.1, 0.15) is 11.9 Å². The van der Waals surface area contributed by atoms with Crippen LogP contribution in [0.15, 0.2) is 42.5 Å². The van der Waals surface area contributed by atoms with Gasteiger partial charge in [-0.15, -0.1) is 0 Å². The molecule has 0 saturated carbocycles. The lowest BCUT2D eigenvalue weighted by Crippen LogP contribution is -2.21. The van der Waals surface area contributed by atoms with E-state index < -0.39 is 0 Å². The van der Waals surface area contributed by atoms with Crippen LogP contribution in [0.5, 0.6) is 5.75 Å². The van der Waals surface area contributed by atoms with Gasteiger partial charge in [-0.2, -0.15) is 0 Å². The van der Waals surface area contributed by atoms with Gasteiger partial charge in [0.05, 0.1) is 12.2 Å². The van der Waals surface area contributed by atoms with E-state index in [4.69, 9.17) is 9.47 Å². The van der Waals surface area contributed by atoms with Crippen molar-refractivity contribution in [3.63, 3.8) is 0 Å². The molecule has 0 aliphatic heterocycles. The minimum atomic E-state index is -0.223. The summed E-state index contributed by atoms with van der Waals surface area (Å²) in [5, 5.41) is 0. The highest BCUT2D eigenvalue weighted by molar-refractivity contribution is 6.14. The summed E-state index contributed by atoms with van der Waals surface area (Å²) in [4.78, 5) is 12.7. The molecule has 3 nitrogen and oxygen atoms in total. The van der Waals surface area contributed by atoms with Crippen LogP contribution in [-0.2, 0) is 4.74 Å². The zero-order chi connectivity index (χ0) is 14.1. The number of benzene rings is 2. The van der Waals surface area contributed by atoms with Crippen LogP contribution in [0.4, 0.5) is 0 Å². The number of hydrogen-bond donors (Lipinski definition) is 0. The molecule has 3 heteroatoms. The van der Waals surface area contributed by atoms with Gasteiger partial charge in [-0.05, 0) is 18.6 Å². The standard InChI is InChI=1S/C17H16O3/c1-3-20-14-10-6-9-13-15(14)16(18)11-7-4-5-8-12(11)17(13)19-2/h4-10,17H,3H2,1-2H3. The van der Waals surface area contributed by atoms with Crippen LogP contribution in [-0.4, -0.2) is 19.5 Å². The number of carbonyl (C=O) groups excluding carboxylic acids is 1. The van der Waals surface area contributed by atoms with Crippen LogP contribution in [0.2, 0.25) is 0 Å². The molecule has 0 saturated heterocycles. The zero-order valence-electron chi connectivity index (χ0n) is 11.6. The second-order valence-corrected chi connectivity index (χ2v) is 4.69. The maximum atomic E-state index is 12.7. The van der Waals surface area contributed by atoms with Gasteiger partial charge in [0, 0.05) is 18.2 Å². The van der Waals surface area contributed by atoms with Crippen molar-refractivity contribution in [3.05, 3.63) is 64.7 Å². The highest BCUT2D eigenvalue weighted by Gasteiger charge is 2.33. The fraction of sp³-hybridized carbons (Fsp3) is 0.235. The van der Waals surface area contributed by atoms with Crippen molar-refractivity contribution >= 4 is 5.78 Å². The van der Waals surface area contributed by atoms with Crippen LogP contribution >= 0.6 is 0 Å². The lowest BCUT2D eigenvalue weighted by molar-refractivity contribution is 0.0981. The Balaban J connectivity index is 2.25. The average molecular weight is 268 g/mol. The van der Waals surface area contributed by atoms with Gasteiger partial charge in [0.25, 0.3) is 0 Å². The summed E-state index contributed by atoms with van der Waals surface area (Å²) in [5.74, 6) is 0.638. The van der Waals surface area contributed by atoms with Crippen molar-refractivity contribution in [2.24, 2.45) is 0 Å². The molecule has 3 rings (SSSR count). The number of ether oxygens (including phenoxy) is 2. The first kappa shape index (κ1) is 12.9. The van der Waals surface area contributed by atoms with Gasteiger partial charge in [-0.3, -0.25) is 4.79 Å². The maximum absolute atomic E-state index is 12.7. The second-order valence-electron chi connectivity index (χ2n) is 4.69. The third-order valence-corrected chi connectivity index (χ3v) is 3.59. The molecule has 0 N–H and O–H groups in total. The molecule has 0 fully saturated rings. The van der Waals surface area contributed by atoms with Crippen LogP contribution in [0.25, 0.3) is 0 Å². The summed E-state index contributed by atoms with van der Waals surface area (Å²) in [6, 6.07) is 13.2. The summed E-state index contributed by atoms with van der Waals surface area (Å²) in [5.41, 5.74) is 3.11. The smallest absolute Gasteiger partial charge is 0.197 e. The Kier molecular flexibility index (Phi) is 3.28. The largest absolute Gasteiger partial charge is 0.493 e. The summed E-state index contributed by atoms with van der Waals surface area (Å²) in [7, 11) is 1.66. The molecule has 20 heavy (non-hydrogen) atoms. The minimum absolute atomic E-state index is 0.00736. The molecular formula is C17H16O3. The predicted octanol–water partition coefficient (Wildman–Crippen LogP) is 3.37. The molecule has 0 spiro atoms. The molecule has 0 bridgehead atoms. The maximum Gasteiger partial charge on any atom is 0.197 e. The monoisotopic (exact) mass is 268 g/mol. The van der Waals surface area contributed by atoms with Crippen molar-refractivity contribution in [1.29, 1.82) is 0 Å². The number of hydrogen-bond acceptors (Lipinski definition) is 3. The molecule has 0 heterocycles. The van der Waals surface area contributed by atoms with Crippen molar-refractivity contribution in [2.45, 2.75) is 13.0 Å². The summed E-state index contributed by atoms with van der Waals surface area (Å²) in [6.45, 7) is 2.44. The molecule has 102 valence electrons. The van der Waals surface area contributed by atoms with E-state index in [-0.39, 0.29) is 11.9 Å². The SMILES string of the molecule is CCOc1cccc2c1C(=O)c1ccccc1C2OC. The molecule has 1 aliphatic rings. The number of carbonyl (C=O) groups is 1. The lowest BCUT2D eigenvalue weighted by Gasteiger charge is -2.27. The van der Waals surface area contributed by atoms with Crippen molar-refractivity contribution in [2.75, 3.05) is 13.7 Å². The van der Waals surface area contributed by atoms with Crippen molar-refractivity contribution in [3.8, 4) is 5.75 Å². The normalized spacial score (nSPS) is 16.5. The van der Waals surface area contributed by atoms with Crippen LogP contribution in [0.1, 0.15) is 40.1 Å². The van der Waals surface area contributed by atoms with Crippen molar-refractivity contribution in [1.82, 2.24) is 0 Å². The first-order valence-corrected chi connectivity index (χ1v) is 6.70. The Morgan fingerprint density at radius 2 is 1.80 bits per heavy atom. The topological polar surface area (TPSA) is 35.5 Å². The Labute approximate surface area is 118 Å². The minimum Gasteiger partial charge on any atom is -0.493 e. The Morgan fingerprint density at radius 3 is 2.55 bits per heavy atom. The Morgan fingerprint density at radius 1 is 1.05 bits per heavy atom. The highest BCUT2D eigenvalue weighted by Crippen LogP contribution is 2.40. The molecule has 1 unspecified atom stereocenters. The fourth-order valence-electron chi connectivity index (χ4n) is 2.77. The van der Waals surface area contributed by atoms with Gasteiger partial charge in [-0.1, -0.05) is 36.4 Å². The number of rotatable bonds is 3. The zero-order valence-corrected chi connectivity index (χ0v) is 11.6. The third-order valence-electron chi connectivity index (χ3n) is 3.59. The lowest BCUT2D eigenvalue weighted by atomic mass is 9.82. The quantitative estimate of drug-likeness (QED) is 0.856. The van der Waals surface area contributed by atoms with Crippen molar-refractivity contribution < 1.29 is 14.3 Å². The molecule has 2 aromatic rings. The van der Waals surface area contributed by atoms with E-state index in [1.807, 2.05) is 49.4 Å². The first-order chi connectivity index (χ1) is 9.77. The van der Waals surface area contributed by atoms with Gasteiger partial charge >= 0.3 is 0 Å². The Hall–Kier alpha value is -2.13. The summed E-state index contributed by atoms with van der Waals surface area (Å²) in [6.07, 6.45) is -0.223. The highest BCUT2D eigenvalue weighted by atomic mass is 16.5. The van der Waals surface area contributed by atoms with Gasteiger partial charge < -0.3 is 9.47 Å². The number of fused-ring (bicyclic) bond motifs is 2. The van der Waals surface area contributed by atoms with E-state index in [9.17, 15) is 4.79 Å².